The molecule has 3 heteroatoms. The van der Waals surface area contributed by atoms with Gasteiger partial charge >= 0.3 is 0 Å². The first-order valence-electron chi connectivity index (χ1n) is 8.35. The molecule has 0 aromatic carbocycles. The zero-order valence-electron chi connectivity index (χ0n) is 12.2. The van der Waals surface area contributed by atoms with Gasteiger partial charge in [-0.1, -0.05) is 12.8 Å². The fraction of sp³-hybridized carbons (Fsp3) is 0.706. The predicted molar refractivity (Wildman–Crippen MR) is 81.8 cm³/mol. The summed E-state index contributed by atoms with van der Waals surface area (Å²) in [6, 6.07) is 6.08. The van der Waals surface area contributed by atoms with Crippen molar-refractivity contribution in [2.24, 2.45) is 5.92 Å². The van der Waals surface area contributed by atoms with Crippen LogP contribution in [0.4, 0.5) is 5.69 Å². The van der Waals surface area contributed by atoms with Crippen molar-refractivity contribution in [2.45, 2.75) is 63.6 Å². The molecule has 2 aliphatic carbocycles. The van der Waals surface area contributed by atoms with E-state index < -0.39 is 0 Å². The van der Waals surface area contributed by atoms with Crippen molar-refractivity contribution in [2.75, 3.05) is 11.4 Å². The Morgan fingerprint density at radius 1 is 1.15 bits per heavy atom. The van der Waals surface area contributed by atoms with Crippen LogP contribution in [0.1, 0.15) is 50.6 Å². The van der Waals surface area contributed by atoms with E-state index in [1.54, 1.807) is 0 Å². The van der Waals surface area contributed by atoms with E-state index >= 15 is 0 Å². The lowest BCUT2D eigenvalue weighted by Crippen LogP contribution is -2.34. The van der Waals surface area contributed by atoms with Gasteiger partial charge in [-0.2, -0.15) is 0 Å². The van der Waals surface area contributed by atoms with Crippen LogP contribution in [-0.2, 0) is 6.54 Å². The second-order valence-electron chi connectivity index (χ2n) is 6.75. The molecule has 20 heavy (non-hydrogen) atoms. The topological polar surface area (TPSA) is 28.2 Å². The van der Waals surface area contributed by atoms with Gasteiger partial charge in [0, 0.05) is 37.1 Å². The molecule has 1 aromatic rings. The molecule has 108 valence electrons. The van der Waals surface area contributed by atoms with E-state index in [9.17, 15) is 0 Å². The molecule has 2 atom stereocenters. The molecular formula is C17H25N3. The summed E-state index contributed by atoms with van der Waals surface area (Å²) in [5, 5.41) is 3.57. The Bertz CT molecular complexity index is 469. The summed E-state index contributed by atoms with van der Waals surface area (Å²) in [5.41, 5.74) is 2.61. The number of nitrogens with one attached hydrogen (secondary N) is 1. The first-order valence-corrected chi connectivity index (χ1v) is 8.35. The lowest BCUT2D eigenvalue weighted by Gasteiger charge is -2.33. The highest BCUT2D eigenvalue weighted by molar-refractivity contribution is 5.49. The van der Waals surface area contributed by atoms with Gasteiger partial charge in [-0.05, 0) is 50.2 Å². The first-order chi connectivity index (χ1) is 9.90. The van der Waals surface area contributed by atoms with E-state index in [2.05, 4.69) is 27.3 Å². The van der Waals surface area contributed by atoms with Gasteiger partial charge in [0.25, 0.3) is 0 Å². The van der Waals surface area contributed by atoms with Gasteiger partial charge in [-0.25, -0.2) is 0 Å². The Labute approximate surface area is 121 Å². The summed E-state index contributed by atoms with van der Waals surface area (Å²) in [4.78, 5) is 7.18. The van der Waals surface area contributed by atoms with Crippen LogP contribution in [0.15, 0.2) is 18.3 Å². The Morgan fingerprint density at radius 3 is 2.95 bits per heavy atom. The number of aromatic nitrogens is 1. The van der Waals surface area contributed by atoms with Crippen molar-refractivity contribution >= 4 is 5.69 Å². The van der Waals surface area contributed by atoms with E-state index in [4.69, 9.17) is 0 Å². The number of fused-ring (bicyclic) bond motifs is 1. The lowest BCUT2D eigenvalue weighted by molar-refractivity contribution is 0.342. The van der Waals surface area contributed by atoms with Crippen LogP contribution < -0.4 is 10.2 Å². The standard InChI is InChI=1S/C17H25N3/c1-2-4-17-13(3-1)8-10-20(17)16-7-9-18-15(11-16)12-19-14-5-6-14/h7,9,11,13-14,17,19H,1-6,8,10,12H2. The molecule has 2 saturated carbocycles. The Hall–Kier alpha value is -1.09. The maximum absolute atomic E-state index is 4.53. The molecule has 0 spiro atoms. The molecule has 1 aromatic heterocycles. The third-order valence-electron chi connectivity index (χ3n) is 5.29. The van der Waals surface area contributed by atoms with Crippen molar-refractivity contribution in [1.82, 2.24) is 10.3 Å². The quantitative estimate of drug-likeness (QED) is 0.912. The first kappa shape index (κ1) is 12.6. The summed E-state index contributed by atoms with van der Waals surface area (Å²) in [6.45, 7) is 2.18. The number of rotatable bonds is 4. The van der Waals surface area contributed by atoms with E-state index in [1.807, 2.05) is 6.20 Å². The maximum atomic E-state index is 4.53. The van der Waals surface area contributed by atoms with E-state index in [1.165, 1.54) is 62.9 Å². The van der Waals surface area contributed by atoms with Crippen molar-refractivity contribution < 1.29 is 0 Å². The summed E-state index contributed by atoms with van der Waals surface area (Å²) < 4.78 is 0. The zero-order valence-corrected chi connectivity index (χ0v) is 12.2. The summed E-state index contributed by atoms with van der Waals surface area (Å²) in [7, 11) is 0. The van der Waals surface area contributed by atoms with E-state index in [-0.39, 0.29) is 0 Å². The molecule has 0 radical (unpaired) electrons. The number of nitrogens with zero attached hydrogens (tertiary/aromatic N) is 2. The fourth-order valence-corrected chi connectivity index (χ4v) is 4.00. The minimum atomic E-state index is 0.759. The highest BCUT2D eigenvalue weighted by atomic mass is 15.2. The minimum absolute atomic E-state index is 0.759. The summed E-state index contributed by atoms with van der Waals surface area (Å²) >= 11 is 0. The average Bonchev–Trinajstić information content (AvgIpc) is 3.23. The third-order valence-corrected chi connectivity index (χ3v) is 5.29. The smallest absolute Gasteiger partial charge is 0.0562 e. The molecule has 2 unspecified atom stereocenters. The van der Waals surface area contributed by atoms with E-state index in [0.29, 0.717) is 0 Å². The normalized spacial score (nSPS) is 29.5. The third kappa shape index (κ3) is 2.56. The van der Waals surface area contributed by atoms with Crippen LogP contribution in [0.5, 0.6) is 0 Å². The van der Waals surface area contributed by atoms with Crippen LogP contribution in [0.2, 0.25) is 0 Å². The molecular weight excluding hydrogens is 246 g/mol. The van der Waals surface area contributed by atoms with Crippen LogP contribution >= 0.6 is 0 Å². The van der Waals surface area contributed by atoms with Crippen molar-refractivity contribution in [3.05, 3.63) is 24.0 Å². The number of hydrogen-bond donors (Lipinski definition) is 1. The Morgan fingerprint density at radius 2 is 2.05 bits per heavy atom. The van der Waals surface area contributed by atoms with Gasteiger partial charge in [0.15, 0.2) is 0 Å². The van der Waals surface area contributed by atoms with Gasteiger partial charge in [0.1, 0.15) is 0 Å². The Kier molecular flexibility index (Phi) is 3.39. The van der Waals surface area contributed by atoms with Crippen LogP contribution in [0.25, 0.3) is 0 Å². The average molecular weight is 271 g/mol. The highest BCUT2D eigenvalue weighted by Gasteiger charge is 2.35. The van der Waals surface area contributed by atoms with Crippen molar-refractivity contribution in [3.63, 3.8) is 0 Å². The summed E-state index contributed by atoms with van der Waals surface area (Å²) in [5.74, 6) is 0.949. The van der Waals surface area contributed by atoms with Gasteiger partial charge < -0.3 is 10.2 Å². The van der Waals surface area contributed by atoms with Crippen molar-refractivity contribution in [1.29, 1.82) is 0 Å². The SMILES string of the molecule is c1cc(N2CCC3CCCCC32)cc(CNC2CC2)n1. The predicted octanol–water partition coefficient (Wildman–Crippen LogP) is 3.10. The van der Waals surface area contributed by atoms with Gasteiger partial charge in [0.05, 0.1) is 5.69 Å². The van der Waals surface area contributed by atoms with Gasteiger partial charge in [-0.15, -0.1) is 0 Å². The van der Waals surface area contributed by atoms with Gasteiger partial charge in [0.2, 0.25) is 0 Å². The van der Waals surface area contributed by atoms with E-state index in [0.717, 1.165) is 24.5 Å². The second kappa shape index (κ2) is 5.36. The molecule has 1 saturated heterocycles. The maximum Gasteiger partial charge on any atom is 0.0562 e. The molecule has 2 heterocycles. The second-order valence-corrected chi connectivity index (χ2v) is 6.75. The fourth-order valence-electron chi connectivity index (χ4n) is 4.00. The molecule has 1 aliphatic heterocycles. The lowest BCUT2D eigenvalue weighted by atomic mass is 9.85. The summed E-state index contributed by atoms with van der Waals surface area (Å²) in [6.07, 6.45) is 11.8. The van der Waals surface area contributed by atoms with Crippen LogP contribution in [0.3, 0.4) is 0 Å². The molecule has 0 bridgehead atoms. The molecule has 3 aliphatic rings. The molecule has 1 N–H and O–H groups in total. The number of anilines is 1. The highest BCUT2D eigenvalue weighted by Crippen LogP contribution is 2.38. The molecule has 0 amide bonds. The zero-order chi connectivity index (χ0) is 13.4. The van der Waals surface area contributed by atoms with Crippen LogP contribution in [0, 0.1) is 5.92 Å². The Balaban J connectivity index is 1.47. The molecule has 4 rings (SSSR count). The molecule has 3 nitrogen and oxygen atoms in total. The number of pyridine rings is 1. The van der Waals surface area contributed by atoms with Crippen LogP contribution in [-0.4, -0.2) is 23.6 Å². The minimum Gasteiger partial charge on any atom is -0.368 e. The van der Waals surface area contributed by atoms with Gasteiger partial charge in [-0.3, -0.25) is 4.98 Å². The monoisotopic (exact) mass is 271 g/mol. The largest absolute Gasteiger partial charge is 0.368 e. The number of hydrogen-bond acceptors (Lipinski definition) is 3. The van der Waals surface area contributed by atoms with Crippen molar-refractivity contribution in [3.8, 4) is 0 Å². The molecule has 3 fully saturated rings.